The molecule has 3 aromatic carbocycles. The van der Waals surface area contributed by atoms with Crippen LogP contribution in [0.4, 0.5) is 0 Å². The summed E-state index contributed by atoms with van der Waals surface area (Å²) in [7, 11) is -9.43. The molecule has 0 aromatic heterocycles. The third-order valence-electron chi connectivity index (χ3n) is 15.1. The molecule has 6 rings (SSSR count). The number of hydrogen-bond acceptors (Lipinski definition) is 16. The van der Waals surface area contributed by atoms with E-state index in [1.165, 1.54) is 116 Å². The Balaban J connectivity index is 1.14. The number of carbonyl (C=O) groups excluding carboxylic acids is 2. The maximum Gasteiger partial charge on any atom is 0.588 e. The molecule has 0 radical (unpaired) electrons. The number of esters is 2. The van der Waals surface area contributed by atoms with Gasteiger partial charge >= 0.3 is 27.6 Å². The van der Waals surface area contributed by atoms with Gasteiger partial charge in [0, 0.05) is 12.8 Å². The fraction of sp³-hybridized carbons (Fsp3) is 0.692. The lowest BCUT2D eigenvalue weighted by molar-refractivity contribution is -0.181. The Morgan fingerprint density at radius 3 is 1.07 bits per heavy atom. The molecular formula is C65H100O16P2. The van der Waals surface area contributed by atoms with Crippen LogP contribution < -0.4 is 13.6 Å². The molecule has 2 heterocycles. The molecule has 0 spiro atoms. The summed E-state index contributed by atoms with van der Waals surface area (Å²) in [6, 6.07) is 25.3. The van der Waals surface area contributed by atoms with Gasteiger partial charge in [-0.2, -0.15) is 0 Å². The lowest BCUT2D eigenvalue weighted by Crippen LogP contribution is -2.62. The average molecular weight is 1200 g/mol. The highest BCUT2D eigenvalue weighted by Gasteiger charge is 2.67. The number of rotatable bonds is 44. The minimum Gasteiger partial charge on any atom is -0.462 e. The molecule has 3 fully saturated rings. The molecule has 466 valence electrons. The molecule has 83 heavy (non-hydrogen) atoms. The van der Waals surface area contributed by atoms with Gasteiger partial charge in [-0.25, -0.2) is 9.13 Å². The van der Waals surface area contributed by atoms with E-state index >= 15 is 9.13 Å². The molecule has 3 aliphatic rings. The normalized spacial score (nSPS) is 21.8. The molecule has 2 saturated heterocycles. The van der Waals surface area contributed by atoms with E-state index < -0.39 is 88.5 Å². The van der Waals surface area contributed by atoms with Gasteiger partial charge in [0.05, 0.1) is 0 Å². The predicted molar refractivity (Wildman–Crippen MR) is 321 cm³/mol. The second-order valence-corrected chi connectivity index (χ2v) is 26.5. The summed E-state index contributed by atoms with van der Waals surface area (Å²) in [6.45, 7) is 10.4. The molecule has 0 N–H and O–H groups in total. The fourth-order valence-electron chi connectivity index (χ4n) is 10.9. The molecular weight excluding hydrogens is 1100 g/mol. The monoisotopic (exact) mass is 1200 g/mol. The smallest absolute Gasteiger partial charge is 0.462 e. The number of ether oxygens (including phenoxy) is 6. The van der Waals surface area contributed by atoms with E-state index in [1.807, 2.05) is 0 Å². The van der Waals surface area contributed by atoms with E-state index in [9.17, 15) is 9.59 Å². The van der Waals surface area contributed by atoms with Gasteiger partial charge in [-0.15, -0.1) is 0 Å². The van der Waals surface area contributed by atoms with Crippen LogP contribution >= 0.6 is 15.6 Å². The summed E-state index contributed by atoms with van der Waals surface area (Å²) in [5, 5.41) is 0. The number of phosphoric acid groups is 2. The molecule has 3 aromatic rings. The van der Waals surface area contributed by atoms with E-state index in [-0.39, 0.29) is 36.7 Å². The first-order valence-electron chi connectivity index (χ1n) is 31.6. The third kappa shape index (κ3) is 25.2. The van der Waals surface area contributed by atoms with Crippen molar-refractivity contribution < 1.29 is 74.3 Å². The number of hydrogen-bond donors (Lipinski definition) is 0. The molecule has 1 saturated carbocycles. The number of phosphoric ester groups is 2. The Morgan fingerprint density at radius 1 is 0.422 bits per heavy atom. The minimum absolute atomic E-state index is 0.144. The Labute approximate surface area is 496 Å². The first-order chi connectivity index (χ1) is 40.1. The maximum atomic E-state index is 15.5. The van der Waals surface area contributed by atoms with E-state index in [0.29, 0.717) is 12.8 Å². The van der Waals surface area contributed by atoms with Crippen LogP contribution in [0.5, 0.6) is 17.2 Å². The van der Waals surface area contributed by atoms with Gasteiger partial charge in [-0.05, 0) is 76.9 Å². The summed E-state index contributed by atoms with van der Waals surface area (Å²) in [4.78, 5) is 26.8. The van der Waals surface area contributed by atoms with Gasteiger partial charge in [-0.3, -0.25) is 23.2 Å². The van der Waals surface area contributed by atoms with Crippen molar-refractivity contribution in [1.82, 2.24) is 0 Å². The highest BCUT2D eigenvalue weighted by molar-refractivity contribution is 7.49. The first kappa shape index (κ1) is 68.3. The van der Waals surface area contributed by atoms with Gasteiger partial charge < -0.3 is 42.0 Å². The Morgan fingerprint density at radius 2 is 0.723 bits per heavy atom. The first-order valence-corrected chi connectivity index (χ1v) is 34.5. The highest BCUT2D eigenvalue weighted by Crippen LogP contribution is 2.59. The summed E-state index contributed by atoms with van der Waals surface area (Å²) in [5.41, 5.74) is 0. The minimum atomic E-state index is -4.83. The van der Waals surface area contributed by atoms with Crippen molar-refractivity contribution in [2.45, 2.75) is 276 Å². The van der Waals surface area contributed by atoms with Gasteiger partial charge in [0.2, 0.25) is 0 Å². The summed E-state index contributed by atoms with van der Waals surface area (Å²) < 4.78 is 106. The summed E-state index contributed by atoms with van der Waals surface area (Å²) in [6.07, 6.45) is 22.5. The number of para-hydroxylation sites is 3. The van der Waals surface area contributed by atoms with Crippen LogP contribution in [0.3, 0.4) is 0 Å². The molecule has 16 nitrogen and oxygen atoms in total. The zero-order valence-electron chi connectivity index (χ0n) is 50.8. The topological polar surface area (TPSA) is 179 Å². The van der Waals surface area contributed by atoms with Crippen LogP contribution in [0.25, 0.3) is 0 Å². The van der Waals surface area contributed by atoms with Gasteiger partial charge in [-0.1, -0.05) is 223 Å². The predicted octanol–water partition coefficient (Wildman–Crippen LogP) is 17.7. The molecule has 0 bridgehead atoms. The van der Waals surface area contributed by atoms with E-state index in [0.717, 1.165) is 38.5 Å². The lowest BCUT2D eigenvalue weighted by Gasteiger charge is -2.42. The van der Waals surface area contributed by atoms with E-state index in [4.69, 9.17) is 55.6 Å². The maximum absolute atomic E-state index is 15.5. The van der Waals surface area contributed by atoms with Crippen LogP contribution in [0, 0.1) is 0 Å². The number of fused-ring (bicyclic) bond motifs is 2. The zero-order valence-corrected chi connectivity index (χ0v) is 52.6. The number of unbranched alkanes of at least 4 members (excludes halogenated alkanes) is 24. The van der Waals surface area contributed by atoms with Gasteiger partial charge in [0.25, 0.3) is 0 Å². The van der Waals surface area contributed by atoms with Crippen molar-refractivity contribution in [3.63, 3.8) is 0 Å². The second kappa shape index (κ2) is 36.4. The Kier molecular flexibility index (Phi) is 29.9. The van der Waals surface area contributed by atoms with Crippen molar-refractivity contribution in [2.24, 2.45) is 0 Å². The van der Waals surface area contributed by atoms with Crippen molar-refractivity contribution in [3.8, 4) is 17.2 Å². The molecule has 18 heteroatoms. The largest absolute Gasteiger partial charge is 0.588 e. The lowest BCUT2D eigenvalue weighted by atomic mass is 9.85. The highest BCUT2D eigenvalue weighted by atomic mass is 31.2. The van der Waals surface area contributed by atoms with Crippen molar-refractivity contribution in [2.75, 3.05) is 13.2 Å². The van der Waals surface area contributed by atoms with Crippen LogP contribution in [0.2, 0.25) is 0 Å². The fourth-order valence-corrected chi connectivity index (χ4v) is 13.7. The van der Waals surface area contributed by atoms with Crippen LogP contribution in [0.15, 0.2) is 91.0 Å². The van der Waals surface area contributed by atoms with Crippen LogP contribution in [-0.2, 0) is 60.7 Å². The third-order valence-corrected chi connectivity index (χ3v) is 17.9. The Bertz CT molecular complexity index is 2280. The molecule has 1 aliphatic carbocycles. The van der Waals surface area contributed by atoms with Crippen molar-refractivity contribution >= 4 is 27.6 Å². The number of carbonyl (C=O) groups is 2. The SMILES string of the molecule is CCCCCCCCCCCCCCCC(=O)OC[C@H](COP(=O)(Oc1ccccc1)OC1[C@@H]2OC(C)(C)O[C@@H]2C(OP(=O)(Oc2ccccc2)Oc2ccccc2)[C@@H]2OC(C)(C)O[C@@H]12)OC(=O)CCCCCCCCCCCCCCC. The quantitative estimate of drug-likeness (QED) is 0.0296. The summed E-state index contributed by atoms with van der Waals surface area (Å²) >= 11 is 0. The van der Waals surface area contributed by atoms with Crippen LogP contribution in [0.1, 0.15) is 221 Å². The second-order valence-electron chi connectivity index (χ2n) is 23.5. The molecule has 2 aliphatic heterocycles. The average Bonchev–Trinajstić information content (AvgIpc) is 3.26. The van der Waals surface area contributed by atoms with E-state index in [1.54, 1.807) is 119 Å². The molecule has 3 unspecified atom stereocenters. The number of benzene rings is 3. The van der Waals surface area contributed by atoms with Gasteiger partial charge in [0.1, 0.15) is 67.1 Å². The van der Waals surface area contributed by atoms with Crippen molar-refractivity contribution in [3.05, 3.63) is 91.0 Å². The zero-order chi connectivity index (χ0) is 59.2. The Hall–Kier alpha value is -3.82. The van der Waals surface area contributed by atoms with Crippen LogP contribution in [-0.4, -0.2) is 79.5 Å². The van der Waals surface area contributed by atoms with Crippen molar-refractivity contribution in [1.29, 1.82) is 0 Å². The standard InChI is InChI=1S/C65H100O16P2/c1-7-9-11-13-15-17-19-21-23-25-27-29-40-48-56(66)70-50-55(72-57(67)49-41-30-28-26-24-22-20-18-16-14-12-10-8-2)51-71-82(68,77-52-42-34-31-35-43-52)80-62-58-60(75-64(3,4)73-58)63(61-59(62)74-65(5,6)76-61)81-83(69,78-53-44-36-32-37-45-53)79-54-46-38-33-39-47-54/h31-39,42-47,55,58-63H,7-30,40-41,48-51H2,1-6H3/t55-,58-,59-,60-,61+,62?,63?,82?/m1/s1. The van der Waals surface area contributed by atoms with Gasteiger partial charge in [0.15, 0.2) is 17.7 Å². The van der Waals surface area contributed by atoms with E-state index in [2.05, 4.69) is 13.8 Å². The molecule has 0 amide bonds. The molecule has 8 atom stereocenters. The summed E-state index contributed by atoms with van der Waals surface area (Å²) in [5.74, 6) is -2.96.